The maximum Gasteiger partial charge on any atom is 0.137 e. The van der Waals surface area contributed by atoms with Gasteiger partial charge in [-0.05, 0) is 61.6 Å². The van der Waals surface area contributed by atoms with Crippen LogP contribution >= 0.6 is 11.6 Å². The van der Waals surface area contributed by atoms with Crippen molar-refractivity contribution in [2.24, 2.45) is 5.73 Å². The molecule has 0 saturated heterocycles. The van der Waals surface area contributed by atoms with Crippen LogP contribution in [0.3, 0.4) is 0 Å². The Bertz CT molecular complexity index is 466. The number of hydrogen-bond acceptors (Lipinski definition) is 2. The molecule has 0 radical (unpaired) electrons. The van der Waals surface area contributed by atoms with Gasteiger partial charge in [-0.25, -0.2) is 0 Å². The average molecular weight is 252 g/mol. The lowest BCUT2D eigenvalue weighted by atomic mass is 9.88. The van der Waals surface area contributed by atoms with E-state index < -0.39 is 0 Å². The zero-order valence-corrected chi connectivity index (χ0v) is 10.7. The van der Waals surface area contributed by atoms with Gasteiger partial charge in [0.25, 0.3) is 0 Å². The van der Waals surface area contributed by atoms with Gasteiger partial charge in [0.15, 0.2) is 0 Å². The molecule has 92 valence electrons. The third-order valence-corrected chi connectivity index (χ3v) is 4.48. The summed E-state index contributed by atoms with van der Waals surface area (Å²) in [5, 5.41) is 10.7. The average Bonchev–Trinajstić information content (AvgIpc) is 3.04. The number of halogens is 1. The molecule has 1 aromatic carbocycles. The smallest absolute Gasteiger partial charge is 0.137 e. The molecule has 3 heteroatoms. The molecule has 0 unspecified atom stereocenters. The quantitative estimate of drug-likeness (QED) is 0.849. The maximum absolute atomic E-state index is 10.2. The minimum atomic E-state index is -0.0797. The summed E-state index contributed by atoms with van der Waals surface area (Å²) in [6.45, 7) is 0. The molecule has 1 saturated carbocycles. The Hall–Kier alpha value is -0.730. The van der Waals surface area contributed by atoms with Crippen LogP contribution in [0, 0.1) is 0 Å². The number of benzene rings is 1. The van der Waals surface area contributed by atoms with E-state index in [1.165, 1.54) is 18.4 Å². The van der Waals surface area contributed by atoms with Crippen LogP contribution in [0.4, 0.5) is 0 Å². The fourth-order valence-corrected chi connectivity index (χ4v) is 3.09. The molecule has 0 amide bonds. The van der Waals surface area contributed by atoms with Crippen LogP contribution in [0.1, 0.15) is 42.4 Å². The first-order valence-corrected chi connectivity index (χ1v) is 6.78. The molecule has 0 heterocycles. The summed E-state index contributed by atoms with van der Waals surface area (Å²) in [6, 6.07) is 2.13. The second kappa shape index (κ2) is 3.89. The van der Waals surface area contributed by atoms with Gasteiger partial charge in [0.05, 0.1) is 5.02 Å². The summed E-state index contributed by atoms with van der Waals surface area (Å²) in [4.78, 5) is 0. The monoisotopic (exact) mass is 251 g/mol. The first kappa shape index (κ1) is 11.4. The Morgan fingerprint density at radius 3 is 2.71 bits per heavy atom. The van der Waals surface area contributed by atoms with Crippen LogP contribution < -0.4 is 5.73 Å². The number of fused-ring (bicyclic) bond motifs is 1. The van der Waals surface area contributed by atoms with Gasteiger partial charge >= 0.3 is 0 Å². The van der Waals surface area contributed by atoms with Gasteiger partial charge in [0.2, 0.25) is 0 Å². The molecule has 3 rings (SSSR count). The largest absolute Gasteiger partial charge is 0.506 e. The Balaban J connectivity index is 2.01. The van der Waals surface area contributed by atoms with Crippen molar-refractivity contribution in [1.29, 1.82) is 0 Å². The number of phenolic OH excluding ortho intramolecular Hbond substituents is 1. The maximum atomic E-state index is 10.2. The molecule has 17 heavy (non-hydrogen) atoms. The summed E-state index contributed by atoms with van der Waals surface area (Å²) in [5.41, 5.74) is 9.45. The zero-order valence-electron chi connectivity index (χ0n) is 9.93. The first-order chi connectivity index (χ1) is 8.09. The first-order valence-electron chi connectivity index (χ1n) is 6.40. The van der Waals surface area contributed by atoms with Crippen molar-refractivity contribution in [3.63, 3.8) is 0 Å². The minimum Gasteiger partial charge on any atom is -0.506 e. The normalized spacial score (nSPS) is 21.1. The van der Waals surface area contributed by atoms with E-state index in [0.717, 1.165) is 43.2 Å². The van der Waals surface area contributed by atoms with Gasteiger partial charge in [0, 0.05) is 5.54 Å². The fraction of sp³-hybridized carbons (Fsp3) is 0.571. The molecule has 0 spiro atoms. The van der Waals surface area contributed by atoms with E-state index in [0.29, 0.717) is 5.02 Å². The SMILES string of the molecule is NC1(Cc2cc3c(c(Cl)c2O)CCCC3)CC1. The Morgan fingerprint density at radius 2 is 2.00 bits per heavy atom. The molecule has 2 aliphatic rings. The van der Waals surface area contributed by atoms with Gasteiger partial charge in [-0.1, -0.05) is 17.7 Å². The molecule has 2 aliphatic carbocycles. The van der Waals surface area contributed by atoms with E-state index in [9.17, 15) is 5.11 Å². The third kappa shape index (κ3) is 2.04. The molecule has 0 aliphatic heterocycles. The molecular formula is C14H18ClNO. The highest BCUT2D eigenvalue weighted by Crippen LogP contribution is 2.42. The Kier molecular flexibility index (Phi) is 2.60. The molecule has 1 aromatic rings. The van der Waals surface area contributed by atoms with E-state index in [1.807, 2.05) is 0 Å². The van der Waals surface area contributed by atoms with Crippen LogP contribution in [0.15, 0.2) is 6.07 Å². The van der Waals surface area contributed by atoms with Crippen LogP contribution in [0.2, 0.25) is 5.02 Å². The summed E-state index contributed by atoms with van der Waals surface area (Å²) < 4.78 is 0. The predicted octanol–water partition coefficient (Wildman–Crippen LogP) is 2.96. The summed E-state index contributed by atoms with van der Waals surface area (Å²) in [5.74, 6) is 0.268. The minimum absolute atomic E-state index is 0.0797. The summed E-state index contributed by atoms with van der Waals surface area (Å²) >= 11 is 6.27. The van der Waals surface area contributed by atoms with E-state index in [4.69, 9.17) is 17.3 Å². The van der Waals surface area contributed by atoms with Gasteiger partial charge in [0.1, 0.15) is 5.75 Å². The Morgan fingerprint density at radius 1 is 1.29 bits per heavy atom. The summed E-state index contributed by atoms with van der Waals surface area (Å²) in [7, 11) is 0. The molecule has 2 nitrogen and oxygen atoms in total. The van der Waals surface area contributed by atoms with Crippen molar-refractivity contribution in [3.05, 3.63) is 27.8 Å². The number of phenols is 1. The third-order valence-electron chi connectivity index (χ3n) is 4.07. The highest BCUT2D eigenvalue weighted by atomic mass is 35.5. The zero-order chi connectivity index (χ0) is 12.0. The van der Waals surface area contributed by atoms with E-state index in [2.05, 4.69) is 6.07 Å². The highest BCUT2D eigenvalue weighted by molar-refractivity contribution is 6.33. The van der Waals surface area contributed by atoms with E-state index >= 15 is 0 Å². The van der Waals surface area contributed by atoms with Crippen LogP contribution in [-0.4, -0.2) is 10.6 Å². The van der Waals surface area contributed by atoms with Crippen LogP contribution in [0.25, 0.3) is 0 Å². The van der Waals surface area contributed by atoms with Crippen molar-refractivity contribution in [2.75, 3.05) is 0 Å². The van der Waals surface area contributed by atoms with Gasteiger partial charge in [-0.3, -0.25) is 0 Å². The second-order valence-electron chi connectivity index (χ2n) is 5.58. The van der Waals surface area contributed by atoms with Crippen molar-refractivity contribution in [3.8, 4) is 5.75 Å². The van der Waals surface area contributed by atoms with Crippen LogP contribution in [-0.2, 0) is 19.3 Å². The van der Waals surface area contributed by atoms with Crippen molar-refractivity contribution in [2.45, 2.75) is 50.5 Å². The molecule has 1 fully saturated rings. The lowest BCUT2D eigenvalue weighted by Crippen LogP contribution is -2.24. The molecular weight excluding hydrogens is 234 g/mol. The lowest BCUT2D eigenvalue weighted by Gasteiger charge is -2.21. The number of aromatic hydroxyl groups is 1. The fourth-order valence-electron chi connectivity index (χ4n) is 2.75. The van der Waals surface area contributed by atoms with Gasteiger partial charge in [-0.15, -0.1) is 0 Å². The van der Waals surface area contributed by atoms with Crippen LogP contribution in [0.5, 0.6) is 5.75 Å². The van der Waals surface area contributed by atoms with Gasteiger partial charge in [-0.2, -0.15) is 0 Å². The topological polar surface area (TPSA) is 46.2 Å². The molecule has 0 atom stereocenters. The summed E-state index contributed by atoms with van der Waals surface area (Å²) in [6.07, 6.45) is 7.34. The molecule has 0 aromatic heterocycles. The Labute approximate surface area is 107 Å². The molecule has 3 N–H and O–H groups in total. The number of aryl methyl sites for hydroxylation is 1. The van der Waals surface area contributed by atoms with Gasteiger partial charge < -0.3 is 10.8 Å². The predicted molar refractivity (Wildman–Crippen MR) is 69.6 cm³/mol. The van der Waals surface area contributed by atoms with Crippen molar-refractivity contribution in [1.82, 2.24) is 0 Å². The molecule has 0 bridgehead atoms. The van der Waals surface area contributed by atoms with Crippen molar-refractivity contribution < 1.29 is 5.11 Å². The van der Waals surface area contributed by atoms with E-state index in [-0.39, 0.29) is 11.3 Å². The lowest BCUT2D eigenvalue weighted by molar-refractivity contribution is 0.461. The van der Waals surface area contributed by atoms with Crippen molar-refractivity contribution >= 4 is 11.6 Å². The standard InChI is InChI=1S/C14H18ClNO/c15-12-11-4-2-1-3-9(11)7-10(13(12)17)8-14(16)5-6-14/h7,17H,1-6,8,16H2. The number of hydrogen-bond donors (Lipinski definition) is 2. The number of nitrogens with two attached hydrogens (primary N) is 1. The second-order valence-corrected chi connectivity index (χ2v) is 5.96. The van der Waals surface area contributed by atoms with E-state index in [1.54, 1.807) is 0 Å². The number of rotatable bonds is 2. The highest BCUT2D eigenvalue weighted by Gasteiger charge is 2.39.